The molecule has 0 amide bonds. The third-order valence-corrected chi connectivity index (χ3v) is 4.50. The standard InChI is InChI=1S/C13H17N3O3S/c1-2-20(17,18)9-8-14-10-12-15-16-13(19-12)11-6-4-3-5-7-11/h3-7,14H,2,8-10H2,1H3. The van der Waals surface area contributed by atoms with Gasteiger partial charge in [-0.2, -0.15) is 0 Å². The van der Waals surface area contributed by atoms with E-state index in [9.17, 15) is 8.42 Å². The van der Waals surface area contributed by atoms with Crippen molar-refractivity contribution in [2.75, 3.05) is 18.1 Å². The van der Waals surface area contributed by atoms with Gasteiger partial charge in [0, 0.05) is 17.9 Å². The Hall–Kier alpha value is -1.73. The van der Waals surface area contributed by atoms with Crippen molar-refractivity contribution < 1.29 is 12.8 Å². The number of hydrogen-bond acceptors (Lipinski definition) is 6. The Morgan fingerprint density at radius 3 is 2.65 bits per heavy atom. The molecular formula is C13H17N3O3S. The summed E-state index contributed by atoms with van der Waals surface area (Å²) in [5, 5.41) is 10.9. The molecule has 1 aromatic heterocycles. The van der Waals surface area contributed by atoms with Crippen molar-refractivity contribution in [2.45, 2.75) is 13.5 Å². The van der Waals surface area contributed by atoms with E-state index in [4.69, 9.17) is 4.42 Å². The maximum Gasteiger partial charge on any atom is 0.247 e. The molecule has 0 spiro atoms. The zero-order valence-corrected chi connectivity index (χ0v) is 12.1. The van der Waals surface area contributed by atoms with Gasteiger partial charge in [-0.05, 0) is 12.1 Å². The van der Waals surface area contributed by atoms with E-state index in [0.717, 1.165) is 5.56 Å². The normalized spacial score (nSPS) is 11.7. The predicted octanol–water partition coefficient (Wildman–Crippen LogP) is 1.26. The Labute approximate surface area is 118 Å². The van der Waals surface area contributed by atoms with Crippen LogP contribution in [-0.4, -0.2) is 36.7 Å². The summed E-state index contributed by atoms with van der Waals surface area (Å²) in [4.78, 5) is 0. The third-order valence-electron chi connectivity index (χ3n) is 2.79. The Morgan fingerprint density at radius 1 is 1.20 bits per heavy atom. The van der Waals surface area contributed by atoms with E-state index in [1.165, 1.54) is 0 Å². The number of nitrogens with one attached hydrogen (secondary N) is 1. The molecule has 20 heavy (non-hydrogen) atoms. The minimum atomic E-state index is -2.94. The molecule has 0 saturated heterocycles. The molecule has 0 fully saturated rings. The second-order valence-corrected chi connectivity index (χ2v) is 6.75. The Balaban J connectivity index is 1.85. The zero-order valence-electron chi connectivity index (χ0n) is 11.2. The number of benzene rings is 1. The van der Waals surface area contributed by atoms with Gasteiger partial charge in [-0.25, -0.2) is 8.42 Å². The van der Waals surface area contributed by atoms with E-state index in [0.29, 0.717) is 24.9 Å². The molecule has 0 atom stereocenters. The second-order valence-electron chi connectivity index (χ2n) is 4.28. The highest BCUT2D eigenvalue weighted by atomic mass is 32.2. The molecule has 0 bridgehead atoms. The molecule has 1 N–H and O–H groups in total. The van der Waals surface area contributed by atoms with Crippen LogP contribution in [0.2, 0.25) is 0 Å². The molecule has 0 aliphatic heterocycles. The van der Waals surface area contributed by atoms with Crippen LogP contribution in [0.25, 0.3) is 11.5 Å². The highest BCUT2D eigenvalue weighted by Crippen LogP contribution is 2.16. The van der Waals surface area contributed by atoms with E-state index >= 15 is 0 Å². The fourth-order valence-electron chi connectivity index (χ4n) is 1.59. The first-order chi connectivity index (χ1) is 9.61. The van der Waals surface area contributed by atoms with Crippen molar-refractivity contribution in [1.29, 1.82) is 0 Å². The molecule has 1 aromatic carbocycles. The Kier molecular flexibility index (Phi) is 4.86. The van der Waals surface area contributed by atoms with Gasteiger partial charge < -0.3 is 9.73 Å². The average Bonchev–Trinajstić information content (AvgIpc) is 2.93. The Morgan fingerprint density at radius 2 is 1.95 bits per heavy atom. The van der Waals surface area contributed by atoms with Gasteiger partial charge in [-0.1, -0.05) is 25.1 Å². The van der Waals surface area contributed by atoms with Crippen LogP contribution in [0.1, 0.15) is 12.8 Å². The van der Waals surface area contributed by atoms with Crippen LogP contribution in [-0.2, 0) is 16.4 Å². The number of hydrogen-bond donors (Lipinski definition) is 1. The molecule has 0 aliphatic carbocycles. The molecule has 7 heteroatoms. The van der Waals surface area contributed by atoms with Crippen LogP contribution in [0.4, 0.5) is 0 Å². The lowest BCUT2D eigenvalue weighted by Crippen LogP contribution is -2.23. The molecule has 2 rings (SSSR count). The fourth-order valence-corrected chi connectivity index (χ4v) is 2.33. The second kappa shape index (κ2) is 6.62. The van der Waals surface area contributed by atoms with Gasteiger partial charge in [0.1, 0.15) is 0 Å². The summed E-state index contributed by atoms with van der Waals surface area (Å²) in [6.45, 7) is 2.37. The number of nitrogens with zero attached hydrogens (tertiary/aromatic N) is 2. The molecule has 0 saturated carbocycles. The summed E-state index contributed by atoms with van der Waals surface area (Å²) in [5.74, 6) is 1.18. The van der Waals surface area contributed by atoms with E-state index in [1.807, 2.05) is 30.3 Å². The number of aromatic nitrogens is 2. The first-order valence-corrected chi connectivity index (χ1v) is 8.22. The lowest BCUT2D eigenvalue weighted by Gasteiger charge is -2.01. The van der Waals surface area contributed by atoms with Crippen LogP contribution < -0.4 is 5.32 Å². The summed E-state index contributed by atoms with van der Waals surface area (Å²) in [7, 11) is -2.94. The summed E-state index contributed by atoms with van der Waals surface area (Å²) in [6.07, 6.45) is 0. The molecule has 0 radical (unpaired) electrons. The average molecular weight is 295 g/mol. The number of rotatable bonds is 7. The lowest BCUT2D eigenvalue weighted by atomic mass is 10.2. The van der Waals surface area contributed by atoms with Crippen molar-refractivity contribution >= 4 is 9.84 Å². The summed E-state index contributed by atoms with van der Waals surface area (Å²) >= 11 is 0. The van der Waals surface area contributed by atoms with E-state index in [1.54, 1.807) is 6.92 Å². The largest absolute Gasteiger partial charge is 0.419 e. The quantitative estimate of drug-likeness (QED) is 0.774. The molecule has 2 aromatic rings. The lowest BCUT2D eigenvalue weighted by molar-refractivity contribution is 0.481. The smallest absolute Gasteiger partial charge is 0.247 e. The van der Waals surface area contributed by atoms with Gasteiger partial charge >= 0.3 is 0 Å². The third kappa shape index (κ3) is 4.14. The Bertz CT molecular complexity index is 638. The maximum absolute atomic E-state index is 11.3. The first kappa shape index (κ1) is 14.7. The van der Waals surface area contributed by atoms with E-state index in [2.05, 4.69) is 15.5 Å². The minimum Gasteiger partial charge on any atom is -0.419 e. The van der Waals surface area contributed by atoms with Gasteiger partial charge in [0.2, 0.25) is 11.8 Å². The monoisotopic (exact) mass is 295 g/mol. The maximum atomic E-state index is 11.3. The SMILES string of the molecule is CCS(=O)(=O)CCNCc1nnc(-c2ccccc2)o1. The molecule has 0 unspecified atom stereocenters. The van der Waals surface area contributed by atoms with Crippen molar-refractivity contribution in [2.24, 2.45) is 0 Å². The van der Waals surface area contributed by atoms with Crippen LogP contribution >= 0.6 is 0 Å². The zero-order chi connectivity index (χ0) is 14.4. The summed E-state index contributed by atoms with van der Waals surface area (Å²) in [6, 6.07) is 9.48. The van der Waals surface area contributed by atoms with Crippen LogP contribution in [0.5, 0.6) is 0 Å². The van der Waals surface area contributed by atoms with Crippen LogP contribution in [0.3, 0.4) is 0 Å². The molecular weight excluding hydrogens is 278 g/mol. The molecule has 6 nitrogen and oxygen atoms in total. The van der Waals surface area contributed by atoms with Crippen molar-refractivity contribution in [3.8, 4) is 11.5 Å². The molecule has 108 valence electrons. The predicted molar refractivity (Wildman–Crippen MR) is 75.8 cm³/mol. The van der Waals surface area contributed by atoms with E-state index in [-0.39, 0.29) is 11.5 Å². The summed E-state index contributed by atoms with van der Waals surface area (Å²) in [5.41, 5.74) is 0.861. The van der Waals surface area contributed by atoms with Crippen molar-refractivity contribution in [1.82, 2.24) is 15.5 Å². The van der Waals surface area contributed by atoms with Gasteiger partial charge in [0.05, 0.1) is 12.3 Å². The van der Waals surface area contributed by atoms with Gasteiger partial charge in [-0.3, -0.25) is 0 Å². The summed E-state index contributed by atoms with van der Waals surface area (Å²) < 4.78 is 28.1. The number of sulfone groups is 1. The molecule has 0 aliphatic rings. The van der Waals surface area contributed by atoms with Crippen molar-refractivity contribution in [3.63, 3.8) is 0 Å². The highest BCUT2D eigenvalue weighted by molar-refractivity contribution is 7.91. The minimum absolute atomic E-state index is 0.114. The van der Waals surface area contributed by atoms with E-state index < -0.39 is 9.84 Å². The highest BCUT2D eigenvalue weighted by Gasteiger charge is 2.09. The first-order valence-electron chi connectivity index (χ1n) is 6.39. The molecule has 1 heterocycles. The van der Waals surface area contributed by atoms with Gasteiger partial charge in [0.25, 0.3) is 0 Å². The van der Waals surface area contributed by atoms with Gasteiger partial charge in [-0.15, -0.1) is 10.2 Å². The topological polar surface area (TPSA) is 85.1 Å². The van der Waals surface area contributed by atoms with Crippen LogP contribution in [0.15, 0.2) is 34.7 Å². The fraction of sp³-hybridized carbons (Fsp3) is 0.385. The van der Waals surface area contributed by atoms with Crippen molar-refractivity contribution in [3.05, 3.63) is 36.2 Å². The van der Waals surface area contributed by atoms with Crippen LogP contribution in [0, 0.1) is 0 Å². The van der Waals surface area contributed by atoms with Gasteiger partial charge in [0.15, 0.2) is 9.84 Å².